The molecule has 0 spiro atoms. The summed E-state index contributed by atoms with van der Waals surface area (Å²) in [5.41, 5.74) is 0.634. The van der Waals surface area contributed by atoms with Gasteiger partial charge in [-0.1, -0.05) is 6.92 Å². The first kappa shape index (κ1) is 15.8. The lowest BCUT2D eigenvalue weighted by molar-refractivity contribution is 0.0924. The van der Waals surface area contributed by atoms with Crippen LogP contribution in [0.4, 0.5) is 10.5 Å². The molecule has 2 heterocycles. The second-order valence-electron chi connectivity index (χ2n) is 5.87. The number of aliphatic hydroxyl groups excluding tert-OH is 1. The number of β-amino-alcohol motifs (C(OH)–C–C–N with tert-alkyl or cyclic N) is 1. The van der Waals surface area contributed by atoms with Crippen LogP contribution >= 0.6 is 0 Å². The number of urea groups is 1. The van der Waals surface area contributed by atoms with Gasteiger partial charge < -0.3 is 20.6 Å². The number of carbonyl (C=O) groups excluding carboxylic acids is 1. The third kappa shape index (κ3) is 5.35. The van der Waals surface area contributed by atoms with Crippen molar-refractivity contribution in [2.45, 2.75) is 25.9 Å². The first-order valence-electron chi connectivity index (χ1n) is 7.47. The number of anilines is 1. The van der Waals surface area contributed by atoms with E-state index in [4.69, 9.17) is 0 Å². The van der Waals surface area contributed by atoms with Crippen LogP contribution in [0.2, 0.25) is 0 Å². The average Bonchev–Trinajstić information content (AvgIpc) is 2.84. The predicted octanol–water partition coefficient (Wildman–Crippen LogP) is 0.634. The van der Waals surface area contributed by atoms with Crippen molar-refractivity contribution in [3.8, 4) is 0 Å². The molecule has 7 heteroatoms. The highest BCUT2D eigenvalue weighted by atomic mass is 16.3. The van der Waals surface area contributed by atoms with Gasteiger partial charge in [0.05, 0.1) is 18.0 Å². The van der Waals surface area contributed by atoms with Gasteiger partial charge in [-0.25, -0.2) is 4.79 Å². The van der Waals surface area contributed by atoms with E-state index in [1.54, 1.807) is 24.1 Å². The fraction of sp³-hybridized carbons (Fsp3) is 0.714. The van der Waals surface area contributed by atoms with Crippen molar-refractivity contribution >= 4 is 11.7 Å². The number of piperidine rings is 1. The number of aryl methyl sites for hydroxylation is 1. The number of rotatable bonds is 5. The van der Waals surface area contributed by atoms with Crippen LogP contribution in [-0.2, 0) is 7.05 Å². The summed E-state index contributed by atoms with van der Waals surface area (Å²) in [5, 5.41) is 19.3. The summed E-state index contributed by atoms with van der Waals surface area (Å²) in [4.78, 5) is 13.9. The molecule has 1 unspecified atom stereocenters. The quantitative estimate of drug-likeness (QED) is 0.744. The lowest BCUT2D eigenvalue weighted by Gasteiger charge is -2.31. The van der Waals surface area contributed by atoms with Crippen molar-refractivity contribution in [2.24, 2.45) is 13.0 Å². The summed E-state index contributed by atoms with van der Waals surface area (Å²) >= 11 is 0. The lowest BCUT2D eigenvalue weighted by Crippen LogP contribution is -2.43. The number of nitrogens with one attached hydrogen (secondary N) is 2. The third-order valence-electron chi connectivity index (χ3n) is 3.81. The maximum absolute atomic E-state index is 11.7. The number of carbonyl (C=O) groups is 1. The number of aliphatic hydroxyl groups is 1. The Morgan fingerprint density at radius 3 is 2.86 bits per heavy atom. The Labute approximate surface area is 125 Å². The molecule has 1 fully saturated rings. The van der Waals surface area contributed by atoms with Crippen LogP contribution in [0.5, 0.6) is 0 Å². The number of hydrogen-bond acceptors (Lipinski definition) is 4. The predicted molar refractivity (Wildman–Crippen MR) is 81.1 cm³/mol. The molecule has 0 bridgehead atoms. The Hall–Kier alpha value is -1.60. The van der Waals surface area contributed by atoms with Gasteiger partial charge in [-0.05, 0) is 31.8 Å². The summed E-state index contributed by atoms with van der Waals surface area (Å²) in [6.07, 6.45) is 5.11. The second kappa shape index (κ2) is 7.42. The van der Waals surface area contributed by atoms with E-state index < -0.39 is 6.10 Å². The number of nitrogens with zero attached hydrogens (tertiary/aromatic N) is 3. The molecule has 1 atom stereocenters. The van der Waals surface area contributed by atoms with E-state index in [9.17, 15) is 9.90 Å². The Kier molecular flexibility index (Phi) is 5.58. The standard InChI is InChI=1S/C14H25N5O2/c1-11-3-5-19(6-4-11)10-13(20)8-15-14(21)17-12-7-16-18(2)9-12/h7,9,11,13,20H,3-6,8,10H2,1-2H3,(H2,15,17,21). The highest BCUT2D eigenvalue weighted by molar-refractivity contribution is 5.88. The molecule has 1 aliphatic heterocycles. The van der Waals surface area contributed by atoms with Gasteiger partial charge in [0, 0.05) is 26.3 Å². The van der Waals surface area contributed by atoms with E-state index in [1.807, 2.05) is 0 Å². The van der Waals surface area contributed by atoms with E-state index in [0.29, 0.717) is 12.2 Å². The number of hydrogen-bond donors (Lipinski definition) is 3. The van der Waals surface area contributed by atoms with Crippen LogP contribution in [0.15, 0.2) is 12.4 Å². The van der Waals surface area contributed by atoms with Gasteiger partial charge >= 0.3 is 6.03 Å². The van der Waals surface area contributed by atoms with Crippen LogP contribution in [0.3, 0.4) is 0 Å². The Morgan fingerprint density at radius 2 is 2.24 bits per heavy atom. The molecule has 2 amide bonds. The molecule has 0 aliphatic carbocycles. The van der Waals surface area contributed by atoms with Gasteiger partial charge in [-0.3, -0.25) is 4.68 Å². The van der Waals surface area contributed by atoms with Gasteiger partial charge in [0.1, 0.15) is 0 Å². The molecule has 1 aliphatic rings. The van der Waals surface area contributed by atoms with Gasteiger partial charge in [-0.2, -0.15) is 5.10 Å². The molecule has 3 N–H and O–H groups in total. The van der Waals surface area contributed by atoms with E-state index in [2.05, 4.69) is 27.6 Å². The highest BCUT2D eigenvalue weighted by Crippen LogP contribution is 2.15. The van der Waals surface area contributed by atoms with Crippen LogP contribution in [0, 0.1) is 5.92 Å². The maximum atomic E-state index is 11.7. The van der Waals surface area contributed by atoms with Crippen molar-refractivity contribution in [2.75, 3.05) is 31.5 Å². The highest BCUT2D eigenvalue weighted by Gasteiger charge is 2.18. The number of likely N-dealkylation sites (tertiary alicyclic amines) is 1. The monoisotopic (exact) mass is 295 g/mol. The Bertz CT molecular complexity index is 454. The summed E-state index contributed by atoms with van der Waals surface area (Å²) in [7, 11) is 1.78. The first-order valence-corrected chi connectivity index (χ1v) is 7.47. The van der Waals surface area contributed by atoms with Crippen molar-refractivity contribution in [1.29, 1.82) is 0 Å². The minimum atomic E-state index is -0.543. The second-order valence-corrected chi connectivity index (χ2v) is 5.87. The van der Waals surface area contributed by atoms with Crippen LogP contribution in [0.1, 0.15) is 19.8 Å². The minimum absolute atomic E-state index is 0.248. The summed E-state index contributed by atoms with van der Waals surface area (Å²) in [5.74, 6) is 0.779. The SMILES string of the molecule is CC1CCN(CC(O)CNC(=O)Nc2cnn(C)c2)CC1. The van der Waals surface area contributed by atoms with Crippen LogP contribution in [0.25, 0.3) is 0 Å². The van der Waals surface area contributed by atoms with Crippen molar-refractivity contribution in [1.82, 2.24) is 20.0 Å². The van der Waals surface area contributed by atoms with Gasteiger partial charge in [0.25, 0.3) is 0 Å². The smallest absolute Gasteiger partial charge is 0.319 e. The van der Waals surface area contributed by atoms with Gasteiger partial charge in [0.2, 0.25) is 0 Å². The molecular weight excluding hydrogens is 270 g/mol. The molecule has 21 heavy (non-hydrogen) atoms. The molecule has 0 aromatic carbocycles. The van der Waals surface area contributed by atoms with E-state index in [-0.39, 0.29) is 12.6 Å². The fourth-order valence-electron chi connectivity index (χ4n) is 2.48. The molecular formula is C14H25N5O2. The lowest BCUT2D eigenvalue weighted by atomic mass is 9.99. The largest absolute Gasteiger partial charge is 0.390 e. The normalized spacial score (nSPS) is 18.4. The third-order valence-corrected chi connectivity index (χ3v) is 3.81. The molecule has 2 rings (SSSR count). The molecule has 1 aromatic heterocycles. The Balaban J connectivity index is 1.64. The zero-order valence-electron chi connectivity index (χ0n) is 12.7. The van der Waals surface area contributed by atoms with Crippen molar-refractivity contribution in [3.05, 3.63) is 12.4 Å². The number of aromatic nitrogens is 2. The average molecular weight is 295 g/mol. The van der Waals surface area contributed by atoms with Crippen LogP contribution in [-0.4, -0.2) is 58.1 Å². The summed E-state index contributed by atoms with van der Waals surface area (Å²) in [6, 6.07) is -0.325. The summed E-state index contributed by atoms with van der Waals surface area (Å²) < 4.78 is 1.61. The minimum Gasteiger partial charge on any atom is -0.390 e. The zero-order chi connectivity index (χ0) is 15.2. The molecule has 1 saturated heterocycles. The molecule has 1 aromatic rings. The fourth-order valence-corrected chi connectivity index (χ4v) is 2.48. The van der Waals surface area contributed by atoms with Crippen molar-refractivity contribution in [3.63, 3.8) is 0 Å². The number of amides is 2. The molecule has 0 saturated carbocycles. The van der Waals surface area contributed by atoms with Gasteiger partial charge in [-0.15, -0.1) is 0 Å². The first-order chi connectivity index (χ1) is 10.0. The molecule has 7 nitrogen and oxygen atoms in total. The van der Waals surface area contributed by atoms with Crippen LogP contribution < -0.4 is 10.6 Å². The van der Waals surface area contributed by atoms with E-state index in [1.165, 1.54) is 12.8 Å². The summed E-state index contributed by atoms with van der Waals surface area (Å²) in [6.45, 7) is 5.18. The maximum Gasteiger partial charge on any atom is 0.319 e. The topological polar surface area (TPSA) is 82.4 Å². The van der Waals surface area contributed by atoms with Gasteiger partial charge in [0.15, 0.2) is 0 Å². The van der Waals surface area contributed by atoms with Crippen molar-refractivity contribution < 1.29 is 9.90 Å². The molecule has 118 valence electrons. The van der Waals surface area contributed by atoms with E-state index in [0.717, 1.165) is 19.0 Å². The molecule has 0 radical (unpaired) electrons. The van der Waals surface area contributed by atoms with E-state index >= 15 is 0 Å². The zero-order valence-corrected chi connectivity index (χ0v) is 12.7. The Morgan fingerprint density at radius 1 is 1.52 bits per heavy atom.